The van der Waals surface area contributed by atoms with Crippen molar-refractivity contribution in [1.82, 2.24) is 14.4 Å². The molecule has 144 valence electrons. The van der Waals surface area contributed by atoms with Crippen LogP contribution in [0.15, 0.2) is 79.3 Å². The third-order valence-corrected chi connectivity index (χ3v) is 8.79. The summed E-state index contributed by atoms with van der Waals surface area (Å²) in [6.45, 7) is 0. The molecule has 0 saturated carbocycles. The van der Waals surface area contributed by atoms with Crippen LogP contribution in [0, 0.1) is 0 Å². The molecule has 31 heavy (non-hydrogen) atoms. The highest BCUT2D eigenvalue weighted by Gasteiger charge is 2.22. The van der Waals surface area contributed by atoms with Gasteiger partial charge in [-0.1, -0.05) is 36.4 Å². The number of hydrogen-bond acceptors (Lipinski definition) is 4. The summed E-state index contributed by atoms with van der Waals surface area (Å²) in [4.78, 5) is 9.63. The molecule has 5 heterocycles. The number of nitrogens with zero attached hydrogens (tertiary/aromatic N) is 3. The first-order valence-electron chi connectivity index (χ1n) is 10.2. The number of rotatable bonds is 0. The van der Waals surface area contributed by atoms with E-state index in [1.807, 2.05) is 41.1 Å². The molecule has 0 spiro atoms. The standard InChI is InChI=1S/C26H13N3S2/c1-3-9-17-14(6-1)19-21-22-16(8-5-11-27-22)26-28-12-13-29(26)23(21)20-15-7-2-4-10-18(15)31-25(20)24(19)30-17/h1-13H. The predicted octanol–water partition coefficient (Wildman–Crippen LogP) is 7.77. The topological polar surface area (TPSA) is 30.2 Å². The number of imidazole rings is 1. The number of thiophene rings is 2. The first kappa shape index (κ1) is 16.2. The number of aromatic nitrogens is 3. The number of hydrogen-bond donors (Lipinski definition) is 0. The smallest absolute Gasteiger partial charge is 0.146 e. The van der Waals surface area contributed by atoms with Crippen LogP contribution >= 0.6 is 22.7 Å². The minimum atomic E-state index is 0.964. The van der Waals surface area contributed by atoms with Gasteiger partial charge in [-0.2, -0.15) is 0 Å². The van der Waals surface area contributed by atoms with Gasteiger partial charge >= 0.3 is 0 Å². The molecule has 0 aliphatic carbocycles. The van der Waals surface area contributed by atoms with Crippen molar-refractivity contribution in [3.8, 4) is 0 Å². The summed E-state index contributed by atoms with van der Waals surface area (Å²) in [6, 6.07) is 21.6. The molecule has 0 amide bonds. The summed E-state index contributed by atoms with van der Waals surface area (Å²) in [7, 11) is 0. The van der Waals surface area contributed by atoms with Crippen LogP contribution in [0.3, 0.4) is 0 Å². The summed E-state index contributed by atoms with van der Waals surface area (Å²) in [6.07, 6.45) is 5.89. The predicted molar refractivity (Wildman–Crippen MR) is 134 cm³/mol. The van der Waals surface area contributed by atoms with Gasteiger partial charge in [-0.05, 0) is 24.3 Å². The second kappa shape index (κ2) is 5.58. The summed E-state index contributed by atoms with van der Waals surface area (Å²) in [5.41, 5.74) is 3.20. The first-order chi connectivity index (χ1) is 15.4. The fraction of sp³-hybridized carbons (Fsp3) is 0. The van der Waals surface area contributed by atoms with E-state index >= 15 is 0 Å². The van der Waals surface area contributed by atoms with Crippen molar-refractivity contribution in [1.29, 1.82) is 0 Å². The lowest BCUT2D eigenvalue weighted by atomic mass is 10.00. The van der Waals surface area contributed by atoms with E-state index < -0.39 is 0 Å². The highest BCUT2D eigenvalue weighted by Crippen LogP contribution is 2.50. The molecule has 5 heteroatoms. The molecule has 5 aromatic heterocycles. The summed E-state index contributed by atoms with van der Waals surface area (Å²) in [5.74, 6) is 0. The number of benzene rings is 3. The van der Waals surface area contributed by atoms with E-state index in [0.29, 0.717) is 0 Å². The fourth-order valence-corrected chi connectivity index (χ4v) is 7.63. The lowest BCUT2D eigenvalue weighted by Crippen LogP contribution is -1.93. The molecule has 8 rings (SSSR count). The Labute approximate surface area is 183 Å². The Morgan fingerprint density at radius 1 is 0.613 bits per heavy atom. The molecule has 3 aromatic carbocycles. The molecular formula is C26H13N3S2. The summed E-state index contributed by atoms with van der Waals surface area (Å²) in [5, 5.41) is 7.55. The zero-order chi connectivity index (χ0) is 20.1. The molecular weight excluding hydrogens is 418 g/mol. The Hall–Kier alpha value is -3.54. The number of pyridine rings is 2. The van der Waals surface area contributed by atoms with Crippen molar-refractivity contribution in [2.24, 2.45) is 0 Å². The van der Waals surface area contributed by atoms with E-state index in [9.17, 15) is 0 Å². The van der Waals surface area contributed by atoms with Crippen LogP contribution in [-0.4, -0.2) is 14.4 Å². The maximum Gasteiger partial charge on any atom is 0.146 e. The van der Waals surface area contributed by atoms with Gasteiger partial charge in [-0.3, -0.25) is 9.38 Å². The van der Waals surface area contributed by atoms with Gasteiger partial charge in [0.15, 0.2) is 0 Å². The van der Waals surface area contributed by atoms with Gasteiger partial charge in [-0.15, -0.1) is 22.7 Å². The summed E-state index contributed by atoms with van der Waals surface area (Å²) < 4.78 is 7.62. The molecule has 0 bridgehead atoms. The van der Waals surface area contributed by atoms with Crippen molar-refractivity contribution in [3.05, 3.63) is 79.3 Å². The Kier molecular flexibility index (Phi) is 2.91. The Morgan fingerprint density at radius 3 is 2.10 bits per heavy atom. The van der Waals surface area contributed by atoms with Crippen molar-refractivity contribution in [2.45, 2.75) is 0 Å². The fourth-order valence-electron chi connectivity index (χ4n) is 5.08. The molecule has 0 radical (unpaired) electrons. The first-order valence-corrected chi connectivity index (χ1v) is 11.8. The van der Waals surface area contributed by atoms with E-state index in [0.717, 1.165) is 16.6 Å². The van der Waals surface area contributed by atoms with Gasteiger partial charge in [0.2, 0.25) is 0 Å². The lowest BCUT2D eigenvalue weighted by Gasteiger charge is -2.11. The van der Waals surface area contributed by atoms with Gasteiger partial charge in [0.25, 0.3) is 0 Å². The zero-order valence-corrected chi connectivity index (χ0v) is 17.8. The second-order valence-electron chi connectivity index (χ2n) is 7.85. The van der Waals surface area contributed by atoms with Crippen molar-refractivity contribution >= 4 is 90.5 Å². The summed E-state index contributed by atoms with van der Waals surface area (Å²) >= 11 is 3.79. The van der Waals surface area contributed by atoms with Crippen LogP contribution < -0.4 is 0 Å². The molecule has 0 atom stereocenters. The van der Waals surface area contributed by atoms with Crippen LogP contribution in [0.5, 0.6) is 0 Å². The third-order valence-electron chi connectivity index (χ3n) is 6.29. The van der Waals surface area contributed by atoms with Gasteiger partial charge in [0.1, 0.15) is 5.65 Å². The monoisotopic (exact) mass is 431 g/mol. The van der Waals surface area contributed by atoms with Gasteiger partial charge in [0, 0.05) is 60.3 Å². The van der Waals surface area contributed by atoms with Crippen LogP contribution in [0.4, 0.5) is 0 Å². The van der Waals surface area contributed by atoms with E-state index in [2.05, 4.69) is 65.2 Å². The maximum atomic E-state index is 4.90. The minimum absolute atomic E-state index is 0.964. The average molecular weight is 432 g/mol. The molecule has 0 saturated heterocycles. The quantitative estimate of drug-likeness (QED) is 0.230. The molecule has 3 nitrogen and oxygen atoms in total. The minimum Gasteiger partial charge on any atom is -0.298 e. The second-order valence-corrected chi connectivity index (χ2v) is 9.95. The van der Waals surface area contributed by atoms with E-state index in [1.165, 1.54) is 51.2 Å². The number of fused-ring (bicyclic) bond motifs is 15. The zero-order valence-electron chi connectivity index (χ0n) is 16.2. The largest absolute Gasteiger partial charge is 0.298 e. The van der Waals surface area contributed by atoms with Crippen LogP contribution in [-0.2, 0) is 0 Å². The molecule has 0 aliphatic heterocycles. The van der Waals surface area contributed by atoms with Gasteiger partial charge in [-0.25, -0.2) is 4.98 Å². The van der Waals surface area contributed by atoms with E-state index in [4.69, 9.17) is 9.97 Å². The van der Waals surface area contributed by atoms with Crippen molar-refractivity contribution in [2.75, 3.05) is 0 Å². The molecule has 8 aromatic rings. The van der Waals surface area contributed by atoms with Crippen molar-refractivity contribution in [3.63, 3.8) is 0 Å². The molecule has 0 unspecified atom stereocenters. The van der Waals surface area contributed by atoms with Crippen LogP contribution in [0.1, 0.15) is 0 Å². The average Bonchev–Trinajstić information content (AvgIpc) is 3.53. The van der Waals surface area contributed by atoms with E-state index in [1.54, 1.807) is 0 Å². The van der Waals surface area contributed by atoms with Gasteiger partial charge < -0.3 is 0 Å². The maximum absolute atomic E-state index is 4.90. The van der Waals surface area contributed by atoms with Crippen molar-refractivity contribution < 1.29 is 0 Å². The van der Waals surface area contributed by atoms with E-state index in [-0.39, 0.29) is 0 Å². The molecule has 0 fully saturated rings. The van der Waals surface area contributed by atoms with Gasteiger partial charge in [0.05, 0.1) is 20.4 Å². The lowest BCUT2D eigenvalue weighted by molar-refractivity contribution is 1.28. The molecule has 0 aliphatic rings. The Morgan fingerprint density at radius 2 is 1.29 bits per heavy atom. The SMILES string of the molecule is c1ccc2c(c1)sc1c3sc4ccccc4c3c3c(c4ncccc4c4nccn43)c21. The Bertz CT molecular complexity index is 2010. The van der Waals surface area contributed by atoms with Crippen LogP contribution in [0.25, 0.3) is 67.8 Å². The normalized spacial score (nSPS) is 12.5. The highest BCUT2D eigenvalue weighted by molar-refractivity contribution is 7.33. The molecule has 0 N–H and O–H groups in total. The van der Waals surface area contributed by atoms with Crippen LogP contribution in [0.2, 0.25) is 0 Å². The highest BCUT2D eigenvalue weighted by atomic mass is 32.1. The third kappa shape index (κ3) is 1.89. The Balaban J connectivity index is 1.89.